The second-order valence-corrected chi connectivity index (χ2v) is 3.38. The first kappa shape index (κ1) is 9.59. The van der Waals surface area contributed by atoms with E-state index in [9.17, 15) is 9.59 Å². The Morgan fingerprint density at radius 3 is 2.62 bits per heavy atom. The summed E-state index contributed by atoms with van der Waals surface area (Å²) < 4.78 is 4.75. The number of rotatable bonds is 0. The zero-order valence-electron chi connectivity index (χ0n) is 7.88. The third-order valence-corrected chi connectivity index (χ3v) is 1.77. The van der Waals surface area contributed by atoms with Crippen molar-refractivity contribution in [1.29, 1.82) is 0 Å². The molecule has 1 aliphatic heterocycles. The Kier molecular flexibility index (Phi) is 2.28. The fourth-order valence-corrected chi connectivity index (χ4v) is 1.14. The first-order valence-corrected chi connectivity index (χ1v) is 3.93. The van der Waals surface area contributed by atoms with E-state index in [1.165, 1.54) is 0 Å². The predicted octanol–water partition coefficient (Wildman–Crippen LogP) is 0.767. The molecule has 0 aromatic heterocycles. The Labute approximate surface area is 76.8 Å². The van der Waals surface area contributed by atoms with Crippen LogP contribution in [0.2, 0.25) is 0 Å². The minimum Gasteiger partial charge on any atom is -0.447 e. The molecular formula is C9H11NO3. The van der Waals surface area contributed by atoms with Crippen molar-refractivity contribution in [1.82, 2.24) is 4.90 Å². The number of amides is 2. The number of carbonyl (C=O) groups excluding carboxylic acids is 2. The van der Waals surface area contributed by atoms with Crippen LogP contribution >= 0.6 is 0 Å². The molecule has 0 N–H and O–H groups in total. The van der Waals surface area contributed by atoms with Crippen LogP contribution in [0.5, 0.6) is 0 Å². The highest BCUT2D eigenvalue weighted by atomic mass is 16.6. The largest absolute Gasteiger partial charge is 0.447 e. The minimum atomic E-state index is -0.613. The van der Waals surface area contributed by atoms with Gasteiger partial charge in [-0.2, -0.15) is 0 Å². The highest BCUT2D eigenvalue weighted by molar-refractivity contribution is 6.04. The maximum absolute atomic E-state index is 11.3. The topological polar surface area (TPSA) is 46.6 Å². The third kappa shape index (κ3) is 1.64. The Balaban J connectivity index is 2.92. The van der Waals surface area contributed by atoms with Gasteiger partial charge >= 0.3 is 12.0 Å². The van der Waals surface area contributed by atoms with Crippen molar-refractivity contribution in [2.45, 2.75) is 26.3 Å². The molecule has 1 aliphatic rings. The van der Waals surface area contributed by atoms with Crippen LogP contribution in [-0.2, 0) is 9.53 Å². The van der Waals surface area contributed by atoms with Crippen LogP contribution < -0.4 is 0 Å². The number of cyclic esters (lactones) is 1. The van der Waals surface area contributed by atoms with Crippen LogP contribution in [0.25, 0.3) is 0 Å². The standard InChI is InChI=1S/C9H11NO3/c1-4-5-7(11)10-8(12)13-6-9(10,2)3/h6H2,1-3H3. The molecule has 0 saturated carbocycles. The van der Waals surface area contributed by atoms with Gasteiger partial charge in [0.05, 0.1) is 5.54 Å². The molecule has 0 unspecified atom stereocenters. The highest BCUT2D eigenvalue weighted by Gasteiger charge is 2.43. The first-order valence-electron chi connectivity index (χ1n) is 3.93. The van der Waals surface area contributed by atoms with Crippen LogP contribution in [-0.4, -0.2) is 29.0 Å². The molecule has 0 aromatic rings. The maximum Gasteiger partial charge on any atom is 0.418 e. The van der Waals surface area contributed by atoms with Gasteiger partial charge in [-0.1, -0.05) is 5.92 Å². The smallest absolute Gasteiger partial charge is 0.418 e. The lowest BCUT2D eigenvalue weighted by Crippen LogP contribution is -2.45. The van der Waals surface area contributed by atoms with Crippen molar-refractivity contribution in [2.24, 2.45) is 0 Å². The summed E-state index contributed by atoms with van der Waals surface area (Å²) in [5.74, 6) is 4.26. The normalized spacial score (nSPS) is 19.0. The summed E-state index contributed by atoms with van der Waals surface area (Å²) in [5, 5.41) is 0. The summed E-state index contributed by atoms with van der Waals surface area (Å²) in [6.07, 6.45) is -0.613. The molecule has 4 nitrogen and oxygen atoms in total. The molecule has 1 heterocycles. The predicted molar refractivity (Wildman–Crippen MR) is 45.7 cm³/mol. The number of carbonyl (C=O) groups is 2. The Morgan fingerprint density at radius 1 is 1.62 bits per heavy atom. The lowest BCUT2D eigenvalue weighted by atomic mass is 10.1. The van der Waals surface area contributed by atoms with Gasteiger partial charge in [0.1, 0.15) is 6.61 Å². The molecular weight excluding hydrogens is 170 g/mol. The summed E-state index contributed by atoms with van der Waals surface area (Å²) in [7, 11) is 0. The van der Waals surface area contributed by atoms with Crippen molar-refractivity contribution in [3.8, 4) is 11.8 Å². The molecule has 1 rings (SSSR count). The highest BCUT2D eigenvalue weighted by Crippen LogP contribution is 2.22. The van der Waals surface area contributed by atoms with Crippen LogP contribution in [0.3, 0.4) is 0 Å². The number of hydrogen-bond acceptors (Lipinski definition) is 3. The van der Waals surface area contributed by atoms with Gasteiger partial charge in [-0.15, -0.1) is 0 Å². The molecule has 2 amide bonds. The van der Waals surface area contributed by atoms with E-state index in [2.05, 4.69) is 11.8 Å². The minimum absolute atomic E-state index is 0.225. The van der Waals surface area contributed by atoms with Gasteiger partial charge in [0.2, 0.25) is 0 Å². The maximum atomic E-state index is 11.3. The van der Waals surface area contributed by atoms with E-state index in [1.54, 1.807) is 20.8 Å². The first-order chi connectivity index (χ1) is 5.99. The molecule has 70 valence electrons. The lowest BCUT2D eigenvalue weighted by molar-refractivity contribution is -0.124. The van der Waals surface area contributed by atoms with E-state index in [4.69, 9.17) is 4.74 Å². The summed E-state index contributed by atoms with van der Waals surface area (Å²) in [6.45, 7) is 5.29. The van der Waals surface area contributed by atoms with Crippen molar-refractivity contribution in [2.75, 3.05) is 6.61 Å². The summed E-state index contributed by atoms with van der Waals surface area (Å²) in [5.41, 5.74) is -0.585. The molecule has 0 aromatic carbocycles. The zero-order chi connectivity index (χ0) is 10.1. The van der Waals surface area contributed by atoms with Crippen LogP contribution in [0, 0.1) is 11.8 Å². The van der Waals surface area contributed by atoms with Gasteiger partial charge in [-0.25, -0.2) is 9.69 Å². The van der Waals surface area contributed by atoms with Crippen molar-refractivity contribution < 1.29 is 14.3 Å². The van der Waals surface area contributed by atoms with Crippen molar-refractivity contribution in [3.63, 3.8) is 0 Å². The fourth-order valence-electron chi connectivity index (χ4n) is 1.14. The van der Waals surface area contributed by atoms with Crippen molar-refractivity contribution >= 4 is 12.0 Å². The number of nitrogens with zero attached hydrogens (tertiary/aromatic N) is 1. The van der Waals surface area contributed by atoms with Crippen LogP contribution in [0.4, 0.5) is 4.79 Å². The van der Waals surface area contributed by atoms with E-state index in [1.807, 2.05) is 0 Å². The van der Waals surface area contributed by atoms with E-state index in [-0.39, 0.29) is 6.61 Å². The molecule has 0 aliphatic carbocycles. The average molecular weight is 181 g/mol. The van der Waals surface area contributed by atoms with Gasteiger partial charge < -0.3 is 4.74 Å². The average Bonchev–Trinajstić information content (AvgIpc) is 2.26. The van der Waals surface area contributed by atoms with E-state index in [0.29, 0.717) is 0 Å². The van der Waals surface area contributed by atoms with E-state index in [0.717, 1.165) is 4.90 Å². The monoisotopic (exact) mass is 181 g/mol. The van der Waals surface area contributed by atoms with Crippen molar-refractivity contribution in [3.05, 3.63) is 0 Å². The van der Waals surface area contributed by atoms with Gasteiger partial charge in [-0.05, 0) is 26.7 Å². The molecule has 13 heavy (non-hydrogen) atoms. The van der Waals surface area contributed by atoms with Crippen LogP contribution in [0.15, 0.2) is 0 Å². The summed E-state index contributed by atoms with van der Waals surface area (Å²) in [4.78, 5) is 23.5. The third-order valence-electron chi connectivity index (χ3n) is 1.77. The lowest BCUT2D eigenvalue weighted by Gasteiger charge is -2.23. The zero-order valence-corrected chi connectivity index (χ0v) is 7.88. The molecule has 1 saturated heterocycles. The molecule has 0 radical (unpaired) electrons. The SMILES string of the molecule is CC#CC(=O)N1C(=O)OCC1(C)C. The fraction of sp³-hybridized carbons (Fsp3) is 0.556. The van der Waals surface area contributed by atoms with Gasteiger partial charge in [-0.3, -0.25) is 4.79 Å². The van der Waals surface area contributed by atoms with Gasteiger partial charge in [0.25, 0.3) is 0 Å². The quantitative estimate of drug-likeness (QED) is 0.518. The Morgan fingerprint density at radius 2 is 2.23 bits per heavy atom. The second kappa shape index (κ2) is 3.09. The summed E-state index contributed by atoms with van der Waals surface area (Å²) in [6, 6.07) is 0. The number of imide groups is 1. The molecule has 4 heteroatoms. The number of hydrogen-bond donors (Lipinski definition) is 0. The van der Waals surface area contributed by atoms with E-state index >= 15 is 0 Å². The van der Waals surface area contributed by atoms with Gasteiger partial charge in [0.15, 0.2) is 0 Å². The Bertz CT molecular complexity index is 309. The van der Waals surface area contributed by atoms with Gasteiger partial charge in [0, 0.05) is 0 Å². The molecule has 0 bridgehead atoms. The summed E-state index contributed by atoms with van der Waals surface area (Å²) >= 11 is 0. The second-order valence-electron chi connectivity index (χ2n) is 3.38. The molecule has 0 spiro atoms. The molecule has 0 atom stereocenters. The van der Waals surface area contributed by atoms with E-state index < -0.39 is 17.5 Å². The number of ether oxygens (including phenoxy) is 1. The Hall–Kier alpha value is -1.50. The molecule has 1 fully saturated rings. The van der Waals surface area contributed by atoms with Crippen LogP contribution in [0.1, 0.15) is 20.8 Å².